The Bertz CT molecular complexity index is 712. The van der Waals surface area contributed by atoms with E-state index in [1.165, 1.54) is 30.8 Å². The lowest BCUT2D eigenvalue weighted by Crippen LogP contribution is -2.43. The van der Waals surface area contributed by atoms with Crippen LogP contribution in [0.3, 0.4) is 0 Å². The van der Waals surface area contributed by atoms with E-state index in [4.69, 9.17) is 4.52 Å². The zero-order valence-electron chi connectivity index (χ0n) is 16.9. The molecule has 3 heterocycles. The lowest BCUT2D eigenvalue weighted by molar-refractivity contribution is 0.249. The second-order valence-electron chi connectivity index (χ2n) is 7.11. The van der Waals surface area contributed by atoms with Gasteiger partial charge in [0.05, 0.1) is 6.04 Å². The van der Waals surface area contributed by atoms with Crippen molar-refractivity contribution in [1.29, 1.82) is 0 Å². The first kappa shape index (κ1) is 23.1. The summed E-state index contributed by atoms with van der Waals surface area (Å²) in [4.78, 5) is 12.7. The molecule has 156 valence electrons. The summed E-state index contributed by atoms with van der Waals surface area (Å²) < 4.78 is 5.29. The fraction of sp³-hybridized carbons (Fsp3) is 0.632. The maximum Gasteiger partial charge on any atom is 0.228 e. The molecular weight excluding hydrogens is 487 g/mol. The Kier molecular flexibility index (Phi) is 9.66. The fourth-order valence-electron chi connectivity index (χ4n) is 3.25. The van der Waals surface area contributed by atoms with Gasteiger partial charge in [0.2, 0.25) is 5.89 Å². The van der Waals surface area contributed by atoms with E-state index in [9.17, 15) is 0 Å². The molecule has 1 unspecified atom stereocenters. The molecule has 0 amide bonds. The number of halogens is 1. The largest absolute Gasteiger partial charge is 0.356 e. The van der Waals surface area contributed by atoms with Crippen LogP contribution in [-0.2, 0) is 6.42 Å². The summed E-state index contributed by atoms with van der Waals surface area (Å²) >= 11 is 1.83. The first-order valence-electron chi connectivity index (χ1n) is 9.72. The molecule has 1 aliphatic heterocycles. The summed E-state index contributed by atoms with van der Waals surface area (Å²) in [6.45, 7) is 8.01. The molecular formula is C19H31IN6OS. The molecule has 7 nitrogen and oxygen atoms in total. The molecule has 0 spiro atoms. The van der Waals surface area contributed by atoms with Crippen molar-refractivity contribution in [1.82, 2.24) is 25.7 Å². The number of nitrogens with one attached hydrogen (secondary N) is 2. The Morgan fingerprint density at radius 2 is 2.11 bits per heavy atom. The molecule has 9 heteroatoms. The summed E-state index contributed by atoms with van der Waals surface area (Å²) in [5.41, 5.74) is 0. The van der Waals surface area contributed by atoms with Gasteiger partial charge in [0, 0.05) is 37.4 Å². The van der Waals surface area contributed by atoms with Crippen molar-refractivity contribution >= 4 is 41.3 Å². The molecule has 1 saturated heterocycles. The van der Waals surface area contributed by atoms with Gasteiger partial charge in [-0.3, -0.25) is 9.89 Å². The van der Waals surface area contributed by atoms with Gasteiger partial charge in [0.1, 0.15) is 0 Å². The van der Waals surface area contributed by atoms with Crippen LogP contribution in [-0.4, -0.2) is 54.2 Å². The zero-order chi connectivity index (χ0) is 19.1. The van der Waals surface area contributed by atoms with E-state index < -0.39 is 0 Å². The SMILES string of the molecule is CN=C(NCCc1nc(C(C)C)no1)NCC(c1cccs1)N1CCCC1.I. The van der Waals surface area contributed by atoms with Gasteiger partial charge in [-0.25, -0.2) is 0 Å². The molecule has 2 N–H and O–H groups in total. The number of likely N-dealkylation sites (tertiary alicyclic amines) is 1. The van der Waals surface area contributed by atoms with Gasteiger partial charge in [0.15, 0.2) is 11.8 Å². The van der Waals surface area contributed by atoms with Crippen molar-refractivity contribution in [3.63, 3.8) is 0 Å². The van der Waals surface area contributed by atoms with Gasteiger partial charge in [-0.1, -0.05) is 25.1 Å². The molecule has 28 heavy (non-hydrogen) atoms. The average Bonchev–Trinajstić information content (AvgIpc) is 3.42. The van der Waals surface area contributed by atoms with Crippen LogP contribution in [0, 0.1) is 0 Å². The summed E-state index contributed by atoms with van der Waals surface area (Å²) in [7, 11) is 1.80. The van der Waals surface area contributed by atoms with Crippen LogP contribution in [0.25, 0.3) is 0 Å². The minimum atomic E-state index is 0. The van der Waals surface area contributed by atoms with Crippen LogP contribution >= 0.6 is 35.3 Å². The number of hydrogen-bond donors (Lipinski definition) is 2. The molecule has 1 fully saturated rings. The van der Waals surface area contributed by atoms with Crippen LogP contribution < -0.4 is 10.6 Å². The summed E-state index contributed by atoms with van der Waals surface area (Å²) in [5.74, 6) is 2.51. The highest BCUT2D eigenvalue weighted by Gasteiger charge is 2.24. The standard InChI is InChI=1S/C19H30N6OS.HI/c1-14(2)18-23-17(26-24-18)8-9-21-19(20-3)22-13-15(16-7-6-12-27-16)25-10-4-5-11-25;/h6-7,12,14-15H,4-5,8-11,13H2,1-3H3,(H2,20,21,22);1H. The maximum absolute atomic E-state index is 5.29. The Balaban J connectivity index is 0.00000280. The average molecular weight is 518 g/mol. The van der Waals surface area contributed by atoms with E-state index in [2.05, 4.69) is 62.0 Å². The molecule has 3 rings (SSSR count). The van der Waals surface area contributed by atoms with E-state index in [1.807, 2.05) is 11.3 Å². The molecule has 0 aliphatic carbocycles. The topological polar surface area (TPSA) is 78.6 Å². The second-order valence-corrected chi connectivity index (χ2v) is 8.08. The van der Waals surface area contributed by atoms with Crippen molar-refractivity contribution < 1.29 is 4.52 Å². The monoisotopic (exact) mass is 518 g/mol. The van der Waals surface area contributed by atoms with Gasteiger partial charge in [-0.05, 0) is 37.4 Å². The Hall–Kier alpha value is -1.20. The van der Waals surface area contributed by atoms with E-state index in [1.54, 1.807) is 7.05 Å². The van der Waals surface area contributed by atoms with Crippen LogP contribution in [0.1, 0.15) is 55.2 Å². The van der Waals surface area contributed by atoms with Crippen LogP contribution in [0.15, 0.2) is 27.0 Å². The smallest absolute Gasteiger partial charge is 0.228 e. The Morgan fingerprint density at radius 3 is 2.71 bits per heavy atom. The van der Waals surface area contributed by atoms with Crippen LogP contribution in [0.5, 0.6) is 0 Å². The fourth-order valence-corrected chi connectivity index (χ4v) is 4.11. The van der Waals surface area contributed by atoms with Crippen molar-refractivity contribution in [3.05, 3.63) is 34.1 Å². The Morgan fingerprint density at radius 1 is 1.32 bits per heavy atom. The van der Waals surface area contributed by atoms with Crippen molar-refractivity contribution in [3.8, 4) is 0 Å². The van der Waals surface area contributed by atoms with Gasteiger partial charge in [-0.2, -0.15) is 4.98 Å². The molecule has 2 aromatic rings. The number of hydrogen-bond acceptors (Lipinski definition) is 6. The van der Waals surface area contributed by atoms with Crippen molar-refractivity contribution in [2.75, 3.05) is 33.2 Å². The third kappa shape index (κ3) is 6.41. The predicted octanol–water partition coefficient (Wildman–Crippen LogP) is 3.42. The number of nitrogens with zero attached hydrogens (tertiary/aromatic N) is 4. The predicted molar refractivity (Wildman–Crippen MR) is 125 cm³/mol. The summed E-state index contributed by atoms with van der Waals surface area (Å²) in [6.07, 6.45) is 3.26. The highest BCUT2D eigenvalue weighted by atomic mass is 127. The molecule has 1 aliphatic rings. The van der Waals surface area contributed by atoms with Gasteiger partial charge in [-0.15, -0.1) is 35.3 Å². The van der Waals surface area contributed by atoms with Gasteiger partial charge in [0.25, 0.3) is 0 Å². The van der Waals surface area contributed by atoms with Crippen molar-refractivity contribution in [2.24, 2.45) is 4.99 Å². The number of aliphatic imine (C=N–C) groups is 1. The minimum absolute atomic E-state index is 0. The van der Waals surface area contributed by atoms with Crippen molar-refractivity contribution in [2.45, 2.75) is 45.1 Å². The van der Waals surface area contributed by atoms with Crippen LogP contribution in [0.4, 0.5) is 0 Å². The lowest BCUT2D eigenvalue weighted by atomic mass is 10.2. The van der Waals surface area contributed by atoms with E-state index >= 15 is 0 Å². The highest BCUT2D eigenvalue weighted by molar-refractivity contribution is 14.0. The van der Waals surface area contributed by atoms with Gasteiger partial charge < -0.3 is 15.2 Å². The summed E-state index contributed by atoms with van der Waals surface area (Å²) in [6, 6.07) is 4.76. The second kappa shape index (κ2) is 11.7. The highest BCUT2D eigenvalue weighted by Crippen LogP contribution is 2.27. The minimum Gasteiger partial charge on any atom is -0.356 e. The molecule has 1 atom stereocenters. The first-order valence-corrected chi connectivity index (χ1v) is 10.6. The molecule has 2 aromatic heterocycles. The Labute approximate surface area is 188 Å². The third-order valence-corrected chi connectivity index (χ3v) is 5.74. The number of guanidine groups is 1. The first-order chi connectivity index (χ1) is 13.2. The molecule has 0 bridgehead atoms. The maximum atomic E-state index is 5.29. The van der Waals surface area contributed by atoms with E-state index in [0.717, 1.165) is 18.3 Å². The van der Waals surface area contributed by atoms with E-state index in [-0.39, 0.29) is 29.9 Å². The number of aromatic nitrogens is 2. The molecule has 0 saturated carbocycles. The third-order valence-electron chi connectivity index (χ3n) is 4.77. The lowest BCUT2D eigenvalue weighted by Gasteiger charge is -2.27. The number of thiophene rings is 1. The molecule has 0 radical (unpaired) electrons. The summed E-state index contributed by atoms with van der Waals surface area (Å²) in [5, 5.41) is 13.0. The van der Waals surface area contributed by atoms with E-state index in [0.29, 0.717) is 24.9 Å². The normalized spacial score (nSPS) is 16.2. The quantitative estimate of drug-likeness (QED) is 0.317. The zero-order valence-corrected chi connectivity index (χ0v) is 20.0. The molecule has 0 aromatic carbocycles. The number of rotatable bonds is 8. The van der Waals surface area contributed by atoms with Crippen LogP contribution in [0.2, 0.25) is 0 Å². The van der Waals surface area contributed by atoms with Gasteiger partial charge >= 0.3 is 0 Å².